The molecule has 0 aliphatic carbocycles. The molecule has 1 amide bonds. The molecule has 0 saturated carbocycles. The average molecular weight is 201 g/mol. The monoisotopic (exact) mass is 201 g/mol. The van der Waals surface area contributed by atoms with Crippen molar-refractivity contribution in [2.24, 2.45) is 11.7 Å². The van der Waals surface area contributed by atoms with Crippen LogP contribution in [0.5, 0.6) is 0 Å². The van der Waals surface area contributed by atoms with Gasteiger partial charge in [0.15, 0.2) is 0 Å². The quantitative estimate of drug-likeness (QED) is 0.690. The van der Waals surface area contributed by atoms with Crippen LogP contribution in [0.3, 0.4) is 0 Å². The van der Waals surface area contributed by atoms with Crippen molar-refractivity contribution in [2.45, 2.75) is 19.8 Å². The average Bonchev–Trinajstić information content (AvgIpc) is 2.19. The van der Waals surface area contributed by atoms with Gasteiger partial charge in [0.2, 0.25) is 0 Å². The zero-order valence-corrected chi connectivity index (χ0v) is 8.66. The fourth-order valence-electron chi connectivity index (χ4n) is 1.57. The summed E-state index contributed by atoms with van der Waals surface area (Å²) in [5, 5.41) is 1.89. The van der Waals surface area contributed by atoms with E-state index in [4.69, 9.17) is 10.5 Å². The minimum absolute atomic E-state index is 0.362. The summed E-state index contributed by atoms with van der Waals surface area (Å²) in [6, 6.07) is 0. The Morgan fingerprint density at radius 3 is 2.71 bits per heavy atom. The summed E-state index contributed by atoms with van der Waals surface area (Å²) in [6.07, 6.45) is 1.73. The summed E-state index contributed by atoms with van der Waals surface area (Å²) in [6.45, 7) is 4.67. The van der Waals surface area contributed by atoms with E-state index in [9.17, 15) is 4.79 Å². The van der Waals surface area contributed by atoms with Gasteiger partial charge in [-0.05, 0) is 32.2 Å². The van der Waals surface area contributed by atoms with Crippen molar-refractivity contribution in [3.05, 3.63) is 0 Å². The molecule has 1 heterocycles. The van der Waals surface area contributed by atoms with Crippen LogP contribution >= 0.6 is 0 Å². The number of hydrazine groups is 1. The molecule has 82 valence electrons. The van der Waals surface area contributed by atoms with Crippen LogP contribution in [0.1, 0.15) is 19.8 Å². The summed E-state index contributed by atoms with van der Waals surface area (Å²) in [4.78, 5) is 11.1. The first-order valence-corrected chi connectivity index (χ1v) is 5.14. The molecule has 0 radical (unpaired) electrons. The van der Waals surface area contributed by atoms with E-state index in [-0.39, 0.29) is 6.09 Å². The van der Waals surface area contributed by atoms with Crippen LogP contribution in [0.4, 0.5) is 4.79 Å². The maximum absolute atomic E-state index is 11.1. The number of nitrogens with two attached hydrogens (primary N) is 1. The molecule has 0 aromatic carbocycles. The van der Waals surface area contributed by atoms with Gasteiger partial charge in [-0.15, -0.1) is 0 Å². The van der Waals surface area contributed by atoms with E-state index in [0.29, 0.717) is 12.5 Å². The molecule has 3 N–H and O–H groups in total. The van der Waals surface area contributed by atoms with Gasteiger partial charge in [-0.2, -0.15) is 0 Å². The summed E-state index contributed by atoms with van der Waals surface area (Å²) in [5.74, 6) is 0.607. The molecule has 1 fully saturated rings. The molecule has 1 saturated heterocycles. The SMILES string of the molecule is CCOC(=O)NN1CCC(CN)CC1. The first-order chi connectivity index (χ1) is 6.76. The Balaban J connectivity index is 2.18. The summed E-state index contributed by atoms with van der Waals surface area (Å²) >= 11 is 0. The third kappa shape index (κ3) is 3.51. The van der Waals surface area contributed by atoms with E-state index in [2.05, 4.69) is 5.43 Å². The van der Waals surface area contributed by atoms with Gasteiger partial charge in [-0.3, -0.25) is 5.43 Å². The molecular formula is C9H19N3O2. The first kappa shape index (κ1) is 11.3. The molecule has 0 spiro atoms. The van der Waals surface area contributed by atoms with Crippen LogP contribution in [-0.4, -0.2) is 37.3 Å². The lowest BCUT2D eigenvalue weighted by molar-refractivity contribution is 0.0886. The second-order valence-corrected chi connectivity index (χ2v) is 3.50. The predicted molar refractivity (Wildman–Crippen MR) is 53.5 cm³/mol. The summed E-state index contributed by atoms with van der Waals surface area (Å²) < 4.78 is 4.78. The van der Waals surface area contributed by atoms with Crippen LogP contribution in [-0.2, 0) is 4.74 Å². The number of hydrogen-bond acceptors (Lipinski definition) is 4. The lowest BCUT2D eigenvalue weighted by atomic mass is 9.98. The van der Waals surface area contributed by atoms with Crippen molar-refractivity contribution in [3.63, 3.8) is 0 Å². The molecule has 0 unspecified atom stereocenters. The Kier molecular flexibility index (Phi) is 4.69. The smallest absolute Gasteiger partial charge is 0.421 e. The second kappa shape index (κ2) is 5.82. The van der Waals surface area contributed by atoms with Crippen molar-refractivity contribution in [1.82, 2.24) is 10.4 Å². The lowest BCUT2D eigenvalue weighted by Crippen LogP contribution is -2.47. The van der Waals surface area contributed by atoms with Gasteiger partial charge in [0.1, 0.15) is 0 Å². The Morgan fingerprint density at radius 2 is 2.21 bits per heavy atom. The molecule has 5 heteroatoms. The molecule has 0 atom stereocenters. The number of carbonyl (C=O) groups is 1. The molecule has 0 aromatic heterocycles. The van der Waals surface area contributed by atoms with Crippen molar-refractivity contribution in [1.29, 1.82) is 0 Å². The van der Waals surface area contributed by atoms with E-state index in [1.165, 1.54) is 0 Å². The van der Waals surface area contributed by atoms with Crippen molar-refractivity contribution in [2.75, 3.05) is 26.2 Å². The van der Waals surface area contributed by atoms with Crippen molar-refractivity contribution >= 4 is 6.09 Å². The maximum atomic E-state index is 11.1. The number of hydrogen-bond donors (Lipinski definition) is 2. The van der Waals surface area contributed by atoms with Crippen molar-refractivity contribution < 1.29 is 9.53 Å². The van der Waals surface area contributed by atoms with Gasteiger partial charge in [-0.1, -0.05) is 0 Å². The number of ether oxygens (including phenoxy) is 1. The largest absolute Gasteiger partial charge is 0.449 e. The van der Waals surface area contributed by atoms with E-state index in [0.717, 1.165) is 32.5 Å². The zero-order chi connectivity index (χ0) is 10.4. The van der Waals surface area contributed by atoms with Gasteiger partial charge in [0.25, 0.3) is 0 Å². The molecular weight excluding hydrogens is 182 g/mol. The van der Waals surface area contributed by atoms with Gasteiger partial charge >= 0.3 is 6.09 Å². The molecule has 1 aliphatic rings. The predicted octanol–water partition coefficient (Wildman–Crippen LogP) is 0.318. The van der Waals surface area contributed by atoms with Gasteiger partial charge in [-0.25, -0.2) is 9.80 Å². The second-order valence-electron chi connectivity index (χ2n) is 3.50. The summed E-state index contributed by atoms with van der Waals surface area (Å²) in [7, 11) is 0. The highest BCUT2D eigenvalue weighted by atomic mass is 16.6. The third-order valence-corrected chi connectivity index (χ3v) is 2.47. The Labute approximate surface area is 84.5 Å². The maximum Gasteiger partial charge on any atom is 0.421 e. The van der Waals surface area contributed by atoms with Crippen LogP contribution < -0.4 is 11.2 Å². The Bertz CT molecular complexity index is 179. The molecule has 0 aromatic rings. The van der Waals surface area contributed by atoms with Gasteiger partial charge in [0.05, 0.1) is 6.61 Å². The number of nitrogens with zero attached hydrogens (tertiary/aromatic N) is 1. The van der Waals surface area contributed by atoms with E-state index >= 15 is 0 Å². The number of carbonyl (C=O) groups excluding carboxylic acids is 1. The molecule has 1 rings (SSSR count). The fraction of sp³-hybridized carbons (Fsp3) is 0.889. The van der Waals surface area contributed by atoms with E-state index in [1.807, 2.05) is 5.01 Å². The standard InChI is InChI=1S/C9H19N3O2/c1-2-14-9(13)11-12-5-3-8(7-10)4-6-12/h8H,2-7,10H2,1H3,(H,11,13). The van der Waals surface area contributed by atoms with E-state index < -0.39 is 0 Å². The van der Waals surface area contributed by atoms with Gasteiger partial charge in [0, 0.05) is 13.1 Å². The van der Waals surface area contributed by atoms with Crippen LogP contribution in [0.15, 0.2) is 0 Å². The number of rotatable bonds is 3. The van der Waals surface area contributed by atoms with Crippen LogP contribution in [0.25, 0.3) is 0 Å². The fourth-order valence-corrected chi connectivity index (χ4v) is 1.57. The lowest BCUT2D eigenvalue weighted by Gasteiger charge is -2.30. The number of amides is 1. The van der Waals surface area contributed by atoms with Gasteiger partial charge < -0.3 is 10.5 Å². The molecule has 5 nitrogen and oxygen atoms in total. The Morgan fingerprint density at radius 1 is 1.57 bits per heavy atom. The highest BCUT2D eigenvalue weighted by Gasteiger charge is 2.19. The first-order valence-electron chi connectivity index (χ1n) is 5.14. The normalized spacial score (nSPS) is 19.3. The number of piperidine rings is 1. The van der Waals surface area contributed by atoms with E-state index in [1.54, 1.807) is 6.92 Å². The topological polar surface area (TPSA) is 67.6 Å². The minimum Gasteiger partial charge on any atom is -0.449 e. The highest BCUT2D eigenvalue weighted by Crippen LogP contribution is 2.13. The summed E-state index contributed by atoms with van der Waals surface area (Å²) in [5.41, 5.74) is 8.26. The number of nitrogens with one attached hydrogen (secondary N) is 1. The minimum atomic E-state index is -0.362. The van der Waals surface area contributed by atoms with Crippen molar-refractivity contribution in [3.8, 4) is 0 Å². The van der Waals surface area contributed by atoms with Crippen LogP contribution in [0.2, 0.25) is 0 Å². The highest BCUT2D eigenvalue weighted by molar-refractivity contribution is 5.66. The molecule has 14 heavy (non-hydrogen) atoms. The van der Waals surface area contributed by atoms with Crippen LogP contribution in [0, 0.1) is 5.92 Å². The molecule has 0 bridgehead atoms. The Hall–Kier alpha value is -0.810. The molecule has 1 aliphatic heterocycles. The zero-order valence-electron chi connectivity index (χ0n) is 8.66. The third-order valence-electron chi connectivity index (χ3n) is 2.47.